The number of aliphatic hydroxyl groups excluding tert-OH is 1. The second kappa shape index (κ2) is 7.51. The van der Waals surface area contributed by atoms with Gasteiger partial charge in [-0.2, -0.15) is 0 Å². The van der Waals surface area contributed by atoms with E-state index >= 15 is 0 Å². The number of hydrogen-bond donors (Lipinski definition) is 2. The summed E-state index contributed by atoms with van der Waals surface area (Å²) in [4.78, 5) is 0. The maximum absolute atomic E-state index is 8.98. The number of furan rings is 1. The van der Waals surface area contributed by atoms with Crippen molar-refractivity contribution in [2.75, 3.05) is 13.2 Å². The molecule has 2 N–H and O–H groups in total. The number of aryl methyl sites for hydroxylation is 2. The summed E-state index contributed by atoms with van der Waals surface area (Å²) in [6.45, 7) is 8.28. The first kappa shape index (κ1) is 14.3. The van der Waals surface area contributed by atoms with E-state index in [0.717, 1.165) is 31.0 Å². The van der Waals surface area contributed by atoms with Crippen molar-refractivity contribution in [3.63, 3.8) is 0 Å². The van der Waals surface area contributed by atoms with E-state index in [9.17, 15) is 0 Å². The summed E-state index contributed by atoms with van der Waals surface area (Å²) in [7, 11) is 0. The summed E-state index contributed by atoms with van der Waals surface area (Å²) in [5, 5.41) is 12.4. The second-order valence-corrected chi connectivity index (χ2v) is 4.74. The van der Waals surface area contributed by atoms with Gasteiger partial charge < -0.3 is 14.8 Å². The van der Waals surface area contributed by atoms with Crippen LogP contribution < -0.4 is 5.32 Å². The molecule has 0 fully saturated rings. The zero-order valence-electron chi connectivity index (χ0n) is 11.3. The minimum atomic E-state index is 0.288. The minimum Gasteiger partial charge on any atom is -0.466 e. The second-order valence-electron chi connectivity index (χ2n) is 4.74. The number of nitrogens with one attached hydrogen (secondary N) is 1. The van der Waals surface area contributed by atoms with Crippen molar-refractivity contribution in [1.29, 1.82) is 0 Å². The summed E-state index contributed by atoms with van der Waals surface area (Å²) < 4.78 is 5.49. The van der Waals surface area contributed by atoms with Gasteiger partial charge in [0.05, 0.1) is 0 Å². The van der Waals surface area contributed by atoms with Crippen LogP contribution in [0.3, 0.4) is 0 Å². The van der Waals surface area contributed by atoms with Crippen LogP contribution in [0, 0.1) is 19.8 Å². The summed E-state index contributed by atoms with van der Waals surface area (Å²) in [5.74, 6) is 2.56. The van der Waals surface area contributed by atoms with E-state index in [1.54, 1.807) is 0 Å². The summed E-state index contributed by atoms with van der Waals surface area (Å²) in [6.07, 6.45) is 3.25. The first-order valence-corrected chi connectivity index (χ1v) is 6.54. The fraction of sp³-hybridized carbons (Fsp3) is 0.714. The van der Waals surface area contributed by atoms with Crippen molar-refractivity contribution in [3.8, 4) is 0 Å². The van der Waals surface area contributed by atoms with Crippen LogP contribution in [0.2, 0.25) is 0 Å². The molecule has 1 aromatic heterocycles. The molecule has 98 valence electrons. The van der Waals surface area contributed by atoms with Crippen LogP contribution in [-0.2, 0) is 6.54 Å². The molecule has 0 saturated heterocycles. The van der Waals surface area contributed by atoms with Crippen LogP contribution in [0.25, 0.3) is 0 Å². The van der Waals surface area contributed by atoms with E-state index in [1.165, 1.54) is 18.4 Å². The average Bonchev–Trinajstić information content (AvgIpc) is 2.58. The van der Waals surface area contributed by atoms with Crippen molar-refractivity contribution in [2.24, 2.45) is 5.92 Å². The van der Waals surface area contributed by atoms with E-state index in [4.69, 9.17) is 9.52 Å². The van der Waals surface area contributed by atoms with Crippen molar-refractivity contribution in [1.82, 2.24) is 5.32 Å². The molecule has 1 atom stereocenters. The molecule has 3 nitrogen and oxygen atoms in total. The van der Waals surface area contributed by atoms with Crippen LogP contribution in [0.4, 0.5) is 0 Å². The van der Waals surface area contributed by atoms with Gasteiger partial charge in [-0.1, -0.05) is 13.3 Å². The first-order chi connectivity index (χ1) is 8.17. The molecular weight excluding hydrogens is 214 g/mol. The van der Waals surface area contributed by atoms with Gasteiger partial charge in [0.1, 0.15) is 11.5 Å². The van der Waals surface area contributed by atoms with Gasteiger partial charge in [-0.15, -0.1) is 0 Å². The molecule has 0 spiro atoms. The van der Waals surface area contributed by atoms with Crippen molar-refractivity contribution < 1.29 is 9.52 Å². The highest BCUT2D eigenvalue weighted by Gasteiger charge is 2.08. The third-order valence-corrected chi connectivity index (χ3v) is 3.13. The Morgan fingerprint density at radius 1 is 1.35 bits per heavy atom. The highest BCUT2D eigenvalue weighted by Crippen LogP contribution is 2.14. The Labute approximate surface area is 104 Å². The highest BCUT2D eigenvalue weighted by molar-refractivity contribution is 5.19. The summed E-state index contributed by atoms with van der Waals surface area (Å²) >= 11 is 0. The standard InChI is InChI=1S/C14H25NO2/c1-4-5-13(6-7-16)9-15-10-14-8-11(2)17-12(14)3/h8,13,15-16H,4-7,9-10H2,1-3H3. The lowest BCUT2D eigenvalue weighted by molar-refractivity contribution is 0.248. The quantitative estimate of drug-likeness (QED) is 0.733. The lowest BCUT2D eigenvalue weighted by atomic mass is 10.0. The van der Waals surface area contributed by atoms with Crippen molar-refractivity contribution in [3.05, 3.63) is 23.2 Å². The molecule has 1 unspecified atom stereocenters. The van der Waals surface area contributed by atoms with Crippen LogP contribution in [0.5, 0.6) is 0 Å². The van der Waals surface area contributed by atoms with E-state index < -0.39 is 0 Å². The topological polar surface area (TPSA) is 45.4 Å². The van der Waals surface area contributed by atoms with Gasteiger partial charge in [0.25, 0.3) is 0 Å². The molecule has 0 bridgehead atoms. The highest BCUT2D eigenvalue weighted by atomic mass is 16.3. The third kappa shape index (κ3) is 4.92. The molecule has 1 aromatic rings. The number of rotatable bonds is 8. The molecule has 1 heterocycles. The lowest BCUT2D eigenvalue weighted by Crippen LogP contribution is -2.23. The van der Waals surface area contributed by atoms with E-state index in [1.807, 2.05) is 13.8 Å². The van der Waals surface area contributed by atoms with Crippen LogP contribution >= 0.6 is 0 Å². The Morgan fingerprint density at radius 3 is 2.65 bits per heavy atom. The molecule has 1 rings (SSSR count). The van der Waals surface area contributed by atoms with Gasteiger partial charge in [-0.25, -0.2) is 0 Å². The van der Waals surface area contributed by atoms with Gasteiger partial charge in [0.15, 0.2) is 0 Å². The Hall–Kier alpha value is -0.800. The zero-order valence-corrected chi connectivity index (χ0v) is 11.3. The molecule has 0 amide bonds. The van der Waals surface area contributed by atoms with Crippen molar-refractivity contribution in [2.45, 2.75) is 46.6 Å². The Morgan fingerprint density at radius 2 is 2.12 bits per heavy atom. The molecular formula is C14H25NO2. The van der Waals surface area contributed by atoms with E-state index in [-0.39, 0.29) is 6.61 Å². The Kier molecular flexibility index (Phi) is 6.30. The number of hydrogen-bond acceptors (Lipinski definition) is 3. The van der Waals surface area contributed by atoms with Gasteiger partial charge in [0.2, 0.25) is 0 Å². The SMILES string of the molecule is CCCC(CCO)CNCc1cc(C)oc1C. The molecule has 17 heavy (non-hydrogen) atoms. The van der Waals surface area contributed by atoms with Crippen LogP contribution in [0.1, 0.15) is 43.3 Å². The molecule has 0 aromatic carbocycles. The van der Waals surface area contributed by atoms with Gasteiger partial charge >= 0.3 is 0 Å². The fourth-order valence-electron chi connectivity index (χ4n) is 2.21. The molecule has 3 heteroatoms. The largest absolute Gasteiger partial charge is 0.466 e. The molecule has 0 aliphatic carbocycles. The third-order valence-electron chi connectivity index (χ3n) is 3.13. The van der Waals surface area contributed by atoms with E-state index in [2.05, 4.69) is 18.3 Å². The van der Waals surface area contributed by atoms with Crippen LogP contribution in [0.15, 0.2) is 10.5 Å². The fourth-order valence-corrected chi connectivity index (χ4v) is 2.21. The first-order valence-electron chi connectivity index (χ1n) is 6.54. The zero-order chi connectivity index (χ0) is 12.7. The van der Waals surface area contributed by atoms with Gasteiger partial charge in [0, 0.05) is 18.7 Å². The molecule has 0 aliphatic rings. The summed E-state index contributed by atoms with van der Waals surface area (Å²) in [5.41, 5.74) is 1.24. The van der Waals surface area contributed by atoms with Crippen molar-refractivity contribution >= 4 is 0 Å². The number of aliphatic hydroxyl groups is 1. The minimum absolute atomic E-state index is 0.288. The molecule has 0 saturated carbocycles. The molecule has 0 aliphatic heterocycles. The average molecular weight is 239 g/mol. The maximum Gasteiger partial charge on any atom is 0.105 e. The smallest absolute Gasteiger partial charge is 0.105 e. The molecule has 0 radical (unpaired) electrons. The Balaban J connectivity index is 2.32. The predicted molar refractivity (Wildman–Crippen MR) is 70.0 cm³/mol. The monoisotopic (exact) mass is 239 g/mol. The summed E-state index contributed by atoms with van der Waals surface area (Å²) in [6, 6.07) is 2.09. The van der Waals surface area contributed by atoms with E-state index in [0.29, 0.717) is 5.92 Å². The van der Waals surface area contributed by atoms with Gasteiger partial charge in [-0.05, 0) is 45.2 Å². The predicted octanol–water partition coefficient (Wildman–Crippen LogP) is 2.78. The lowest BCUT2D eigenvalue weighted by Gasteiger charge is -2.15. The van der Waals surface area contributed by atoms with Gasteiger partial charge in [-0.3, -0.25) is 0 Å². The maximum atomic E-state index is 8.98. The normalized spacial score (nSPS) is 12.9. The Bertz CT molecular complexity index is 314. The van der Waals surface area contributed by atoms with Crippen LogP contribution in [-0.4, -0.2) is 18.3 Å².